The van der Waals surface area contributed by atoms with Crippen LogP contribution >= 0.6 is 0 Å². The van der Waals surface area contributed by atoms with E-state index < -0.39 is 11.6 Å². The van der Waals surface area contributed by atoms with Crippen LogP contribution < -0.4 is 11.5 Å². The van der Waals surface area contributed by atoms with E-state index in [-0.39, 0.29) is 6.61 Å². The van der Waals surface area contributed by atoms with Gasteiger partial charge in [-0.3, -0.25) is 4.99 Å². The molecule has 2 atom stereocenters. The lowest BCUT2D eigenvalue weighted by molar-refractivity contribution is -0.0215. The lowest BCUT2D eigenvalue weighted by Gasteiger charge is -2.27. The summed E-state index contributed by atoms with van der Waals surface area (Å²) in [4.78, 5) is 4.05. The third-order valence-corrected chi connectivity index (χ3v) is 2.40. The van der Waals surface area contributed by atoms with Gasteiger partial charge in [-0.05, 0) is 33.1 Å². The number of rotatable bonds is 7. The monoisotopic (exact) mass is 217 g/mol. The van der Waals surface area contributed by atoms with Crippen molar-refractivity contribution in [1.82, 2.24) is 0 Å². The number of aliphatic hydroxyl groups is 2. The molecule has 0 amide bonds. The highest BCUT2D eigenvalue weighted by molar-refractivity contribution is 5.77. The van der Waals surface area contributed by atoms with E-state index in [1.54, 1.807) is 13.8 Å². The molecule has 0 rings (SSSR count). The SMILES string of the molecule is CC(N)=NCCCC[C@H](N)C(C)(O)CO. The van der Waals surface area contributed by atoms with E-state index in [0.29, 0.717) is 18.8 Å². The Kier molecular flexibility index (Phi) is 6.47. The molecule has 15 heavy (non-hydrogen) atoms. The topological polar surface area (TPSA) is 105 Å². The van der Waals surface area contributed by atoms with Gasteiger partial charge in [0, 0.05) is 12.6 Å². The van der Waals surface area contributed by atoms with Crippen LogP contribution in [0.5, 0.6) is 0 Å². The van der Waals surface area contributed by atoms with Crippen LogP contribution in [-0.2, 0) is 0 Å². The summed E-state index contributed by atoms with van der Waals surface area (Å²) in [6.45, 7) is 3.67. The summed E-state index contributed by atoms with van der Waals surface area (Å²) in [6.07, 6.45) is 2.44. The molecule has 0 aromatic heterocycles. The molecule has 0 aliphatic rings. The molecular weight excluding hydrogens is 194 g/mol. The average molecular weight is 217 g/mol. The summed E-state index contributed by atoms with van der Waals surface area (Å²) in [6, 6.07) is -0.398. The molecule has 0 heterocycles. The molecule has 0 fully saturated rings. The summed E-state index contributed by atoms with van der Waals surface area (Å²) < 4.78 is 0. The summed E-state index contributed by atoms with van der Waals surface area (Å²) in [7, 11) is 0. The van der Waals surface area contributed by atoms with E-state index in [1.165, 1.54) is 0 Å². The van der Waals surface area contributed by atoms with E-state index in [0.717, 1.165) is 12.8 Å². The quantitative estimate of drug-likeness (QED) is 0.265. The van der Waals surface area contributed by atoms with Crippen LogP contribution in [0.4, 0.5) is 0 Å². The third-order valence-electron chi connectivity index (χ3n) is 2.40. The molecule has 6 N–H and O–H groups in total. The molecule has 0 aliphatic carbocycles. The Morgan fingerprint density at radius 3 is 2.53 bits per heavy atom. The molecule has 90 valence electrons. The van der Waals surface area contributed by atoms with Gasteiger partial charge in [-0.15, -0.1) is 0 Å². The zero-order valence-corrected chi connectivity index (χ0v) is 9.61. The molecule has 0 aromatic rings. The van der Waals surface area contributed by atoms with Gasteiger partial charge in [-0.25, -0.2) is 0 Å². The van der Waals surface area contributed by atoms with Gasteiger partial charge in [-0.1, -0.05) is 0 Å². The largest absolute Gasteiger partial charge is 0.393 e. The van der Waals surface area contributed by atoms with Crippen molar-refractivity contribution in [3.8, 4) is 0 Å². The zero-order chi connectivity index (χ0) is 11.9. The maximum Gasteiger partial charge on any atom is 0.0999 e. The third kappa shape index (κ3) is 6.43. The number of unbranched alkanes of at least 4 members (excludes halogenated alkanes) is 1. The van der Waals surface area contributed by atoms with Gasteiger partial charge < -0.3 is 21.7 Å². The number of hydrogen-bond donors (Lipinski definition) is 4. The molecule has 0 aromatic carbocycles. The Hall–Kier alpha value is -0.650. The average Bonchev–Trinajstić information content (AvgIpc) is 2.16. The van der Waals surface area contributed by atoms with Gasteiger partial charge in [0.15, 0.2) is 0 Å². The first kappa shape index (κ1) is 14.3. The number of aliphatic imine (C=N–C) groups is 1. The lowest BCUT2D eigenvalue weighted by Crippen LogP contribution is -2.48. The summed E-state index contributed by atoms with van der Waals surface area (Å²) in [5, 5.41) is 18.5. The predicted molar refractivity (Wildman–Crippen MR) is 61.7 cm³/mol. The minimum atomic E-state index is -1.19. The van der Waals surface area contributed by atoms with Gasteiger partial charge >= 0.3 is 0 Å². The molecule has 0 radical (unpaired) electrons. The predicted octanol–water partition coefficient (Wildman–Crippen LogP) is -0.396. The van der Waals surface area contributed by atoms with Crippen molar-refractivity contribution in [1.29, 1.82) is 0 Å². The van der Waals surface area contributed by atoms with Crippen molar-refractivity contribution >= 4 is 5.84 Å². The maximum atomic E-state index is 9.61. The van der Waals surface area contributed by atoms with Crippen LogP contribution in [0.3, 0.4) is 0 Å². The van der Waals surface area contributed by atoms with Crippen LogP contribution in [0.1, 0.15) is 33.1 Å². The highest BCUT2D eigenvalue weighted by Gasteiger charge is 2.27. The minimum Gasteiger partial charge on any atom is -0.393 e. The molecule has 5 nitrogen and oxygen atoms in total. The van der Waals surface area contributed by atoms with Gasteiger partial charge in [-0.2, -0.15) is 0 Å². The molecule has 5 heteroatoms. The Labute approximate surface area is 91.2 Å². The Bertz CT molecular complexity index is 201. The van der Waals surface area contributed by atoms with Crippen LogP contribution in [0.25, 0.3) is 0 Å². The van der Waals surface area contributed by atoms with Gasteiger partial charge in [0.05, 0.1) is 18.0 Å². The van der Waals surface area contributed by atoms with Gasteiger partial charge in [0.1, 0.15) is 0 Å². The summed E-state index contributed by atoms with van der Waals surface area (Å²) >= 11 is 0. The molecule has 0 bridgehead atoms. The second kappa shape index (κ2) is 6.76. The van der Waals surface area contributed by atoms with Gasteiger partial charge in [0.25, 0.3) is 0 Å². The molecule has 1 unspecified atom stereocenters. The minimum absolute atomic E-state index is 0.311. The molecule has 0 saturated carbocycles. The fourth-order valence-corrected chi connectivity index (χ4v) is 1.16. The van der Waals surface area contributed by atoms with Crippen molar-refractivity contribution in [3.05, 3.63) is 0 Å². The number of hydrogen-bond acceptors (Lipinski definition) is 4. The van der Waals surface area contributed by atoms with Crippen LogP contribution in [0.2, 0.25) is 0 Å². The Morgan fingerprint density at radius 1 is 1.47 bits per heavy atom. The zero-order valence-electron chi connectivity index (χ0n) is 9.61. The standard InChI is InChI=1S/C10H23N3O2/c1-8(11)13-6-4-3-5-9(12)10(2,15)7-14/h9,14-15H,3-7,12H2,1-2H3,(H2,11,13)/t9-,10?/m0/s1. The highest BCUT2D eigenvalue weighted by Crippen LogP contribution is 2.12. The van der Waals surface area contributed by atoms with E-state index in [1.807, 2.05) is 0 Å². The van der Waals surface area contributed by atoms with E-state index in [4.69, 9.17) is 16.6 Å². The van der Waals surface area contributed by atoms with Gasteiger partial charge in [0.2, 0.25) is 0 Å². The summed E-state index contributed by atoms with van der Waals surface area (Å²) in [5.74, 6) is 0.585. The number of nitrogens with zero attached hydrogens (tertiary/aromatic N) is 1. The fourth-order valence-electron chi connectivity index (χ4n) is 1.16. The smallest absolute Gasteiger partial charge is 0.0999 e. The van der Waals surface area contributed by atoms with Crippen molar-refractivity contribution in [2.45, 2.75) is 44.8 Å². The van der Waals surface area contributed by atoms with Crippen molar-refractivity contribution in [2.24, 2.45) is 16.5 Å². The first-order valence-electron chi connectivity index (χ1n) is 5.25. The van der Waals surface area contributed by atoms with E-state index in [2.05, 4.69) is 4.99 Å². The first-order chi connectivity index (χ1) is 6.90. The second-order valence-electron chi connectivity index (χ2n) is 4.14. The van der Waals surface area contributed by atoms with Crippen molar-refractivity contribution in [2.75, 3.05) is 13.2 Å². The second-order valence-corrected chi connectivity index (χ2v) is 4.14. The van der Waals surface area contributed by atoms with Crippen molar-refractivity contribution < 1.29 is 10.2 Å². The number of aliphatic hydroxyl groups excluding tert-OH is 1. The van der Waals surface area contributed by atoms with Crippen LogP contribution in [0, 0.1) is 0 Å². The van der Waals surface area contributed by atoms with Crippen LogP contribution in [-0.4, -0.2) is 40.8 Å². The highest BCUT2D eigenvalue weighted by atomic mass is 16.3. The fraction of sp³-hybridized carbons (Fsp3) is 0.900. The lowest BCUT2D eigenvalue weighted by atomic mass is 9.94. The maximum absolute atomic E-state index is 9.61. The van der Waals surface area contributed by atoms with Crippen molar-refractivity contribution in [3.63, 3.8) is 0 Å². The number of nitrogens with two attached hydrogens (primary N) is 2. The molecule has 0 spiro atoms. The Balaban J connectivity index is 3.64. The summed E-state index contributed by atoms with van der Waals surface area (Å²) in [5.41, 5.74) is 9.92. The number of amidine groups is 1. The van der Waals surface area contributed by atoms with Crippen LogP contribution in [0.15, 0.2) is 4.99 Å². The molecule has 0 saturated heterocycles. The molecular formula is C10H23N3O2. The van der Waals surface area contributed by atoms with E-state index >= 15 is 0 Å². The molecule has 0 aliphatic heterocycles. The Morgan fingerprint density at radius 2 is 2.07 bits per heavy atom. The van der Waals surface area contributed by atoms with E-state index in [9.17, 15) is 5.11 Å². The normalized spacial score (nSPS) is 18.6. The first-order valence-corrected chi connectivity index (χ1v) is 5.25.